The summed E-state index contributed by atoms with van der Waals surface area (Å²) >= 11 is 0. The molecule has 1 N–H and O–H groups in total. The molecule has 0 aromatic carbocycles. The zero-order chi connectivity index (χ0) is 8.43. The van der Waals surface area contributed by atoms with Gasteiger partial charge < -0.3 is 0 Å². The summed E-state index contributed by atoms with van der Waals surface area (Å²) in [6.45, 7) is 5.91. The third-order valence-corrected chi connectivity index (χ3v) is 1.61. The maximum atomic E-state index is 11.0. The monoisotopic (exact) mass is 157 g/mol. The number of aromatic nitrogens is 2. The van der Waals surface area contributed by atoms with Gasteiger partial charge in [-0.1, -0.05) is 11.6 Å². The lowest BCUT2D eigenvalue weighted by Gasteiger charge is -1.93. The van der Waals surface area contributed by atoms with E-state index in [1.54, 1.807) is 4.68 Å². The van der Waals surface area contributed by atoms with Crippen molar-refractivity contribution in [2.45, 2.75) is 33.2 Å². The first-order valence-corrected chi connectivity index (χ1v) is 3.78. The maximum absolute atomic E-state index is 11.0. The van der Waals surface area contributed by atoms with Crippen LogP contribution in [0, 0.1) is 0 Å². The summed E-state index contributed by atoms with van der Waals surface area (Å²) < 4.78 is 6.37. The SMILES string of the molecule is CCc1c(=O)o[nH][n+]1C(C)C. The van der Waals surface area contributed by atoms with Crippen molar-refractivity contribution < 1.29 is 9.20 Å². The van der Waals surface area contributed by atoms with Gasteiger partial charge >= 0.3 is 5.63 Å². The van der Waals surface area contributed by atoms with Gasteiger partial charge in [0.1, 0.15) is 0 Å². The molecule has 0 spiro atoms. The van der Waals surface area contributed by atoms with E-state index in [1.807, 2.05) is 20.8 Å². The fourth-order valence-corrected chi connectivity index (χ4v) is 1.03. The first-order valence-electron chi connectivity index (χ1n) is 3.78. The van der Waals surface area contributed by atoms with Crippen LogP contribution in [-0.4, -0.2) is 5.27 Å². The summed E-state index contributed by atoms with van der Waals surface area (Å²) in [6.07, 6.45) is 0.698. The average Bonchev–Trinajstić information content (AvgIpc) is 2.30. The van der Waals surface area contributed by atoms with Gasteiger partial charge in [0.2, 0.25) is 0 Å². The van der Waals surface area contributed by atoms with Crippen molar-refractivity contribution in [3.8, 4) is 0 Å². The number of H-pyrrole nitrogens is 1. The van der Waals surface area contributed by atoms with Gasteiger partial charge in [0, 0.05) is 6.42 Å². The van der Waals surface area contributed by atoms with Crippen molar-refractivity contribution in [1.82, 2.24) is 5.27 Å². The van der Waals surface area contributed by atoms with Crippen molar-refractivity contribution in [3.05, 3.63) is 16.1 Å². The summed E-state index contributed by atoms with van der Waals surface area (Å²) in [5.74, 6) is 0. The number of nitrogens with one attached hydrogen (secondary N) is 1. The molecule has 4 heteroatoms. The normalized spacial score (nSPS) is 10.9. The Morgan fingerprint density at radius 2 is 2.27 bits per heavy atom. The highest BCUT2D eigenvalue weighted by molar-refractivity contribution is 4.81. The van der Waals surface area contributed by atoms with E-state index in [1.165, 1.54) is 0 Å². The van der Waals surface area contributed by atoms with Gasteiger partial charge in [0.05, 0.1) is 0 Å². The molecule has 1 aromatic rings. The number of aromatic amines is 1. The Kier molecular flexibility index (Phi) is 2.12. The summed E-state index contributed by atoms with van der Waals surface area (Å²) in [7, 11) is 0. The van der Waals surface area contributed by atoms with Crippen LogP contribution in [-0.2, 0) is 6.42 Å². The quantitative estimate of drug-likeness (QED) is 0.632. The van der Waals surface area contributed by atoms with Crippen molar-refractivity contribution in [2.24, 2.45) is 0 Å². The number of rotatable bonds is 2. The highest BCUT2D eigenvalue weighted by Gasteiger charge is 2.20. The van der Waals surface area contributed by atoms with Crippen molar-refractivity contribution >= 4 is 0 Å². The molecule has 0 saturated heterocycles. The fraction of sp³-hybridized carbons (Fsp3) is 0.714. The first-order chi connectivity index (χ1) is 5.16. The molecule has 0 fully saturated rings. The lowest BCUT2D eigenvalue weighted by atomic mass is 10.3. The van der Waals surface area contributed by atoms with Crippen LogP contribution in [0.4, 0.5) is 0 Å². The molecule has 11 heavy (non-hydrogen) atoms. The van der Waals surface area contributed by atoms with Crippen LogP contribution in [0.5, 0.6) is 0 Å². The van der Waals surface area contributed by atoms with Crippen molar-refractivity contribution in [3.63, 3.8) is 0 Å². The van der Waals surface area contributed by atoms with Crippen LogP contribution in [0.3, 0.4) is 0 Å². The highest BCUT2D eigenvalue weighted by atomic mass is 16.5. The molecular formula is C7H13N2O2+. The molecule has 0 aliphatic rings. The second-order valence-electron chi connectivity index (χ2n) is 2.74. The average molecular weight is 157 g/mol. The molecule has 0 radical (unpaired) electrons. The van der Waals surface area contributed by atoms with E-state index in [0.29, 0.717) is 12.1 Å². The Balaban J connectivity index is 3.16. The molecule has 4 nitrogen and oxygen atoms in total. The molecule has 0 atom stereocenters. The topological polar surface area (TPSA) is 49.9 Å². The Labute approximate surface area is 64.8 Å². The Morgan fingerprint density at radius 1 is 1.64 bits per heavy atom. The zero-order valence-corrected chi connectivity index (χ0v) is 7.05. The minimum atomic E-state index is -0.263. The largest absolute Gasteiger partial charge is 0.429 e. The molecule has 1 heterocycles. The molecule has 0 amide bonds. The molecule has 0 aliphatic carbocycles. The van der Waals surface area contributed by atoms with Gasteiger partial charge in [-0.2, -0.15) is 0 Å². The van der Waals surface area contributed by atoms with Gasteiger partial charge in [-0.3, -0.25) is 4.52 Å². The van der Waals surface area contributed by atoms with Crippen molar-refractivity contribution in [1.29, 1.82) is 0 Å². The molecule has 62 valence electrons. The second-order valence-corrected chi connectivity index (χ2v) is 2.74. The Hall–Kier alpha value is -1.06. The summed E-state index contributed by atoms with van der Waals surface area (Å²) in [5, 5.41) is 2.55. The maximum Gasteiger partial charge on any atom is 0.429 e. The van der Waals surface area contributed by atoms with E-state index in [-0.39, 0.29) is 11.7 Å². The Morgan fingerprint density at radius 3 is 2.64 bits per heavy atom. The summed E-state index contributed by atoms with van der Waals surface area (Å²) in [5.41, 5.74) is 0.432. The van der Waals surface area contributed by atoms with E-state index >= 15 is 0 Å². The third kappa shape index (κ3) is 1.34. The van der Waals surface area contributed by atoms with E-state index in [4.69, 9.17) is 0 Å². The Bertz CT molecular complexity index is 285. The minimum Gasteiger partial charge on any atom is -0.283 e. The van der Waals surface area contributed by atoms with Gasteiger partial charge in [-0.15, -0.1) is 0 Å². The molecule has 0 saturated carbocycles. The van der Waals surface area contributed by atoms with Crippen LogP contribution < -0.4 is 10.3 Å². The van der Waals surface area contributed by atoms with Gasteiger partial charge in [-0.05, 0) is 19.1 Å². The first kappa shape index (κ1) is 8.04. The van der Waals surface area contributed by atoms with E-state index in [9.17, 15) is 4.79 Å². The van der Waals surface area contributed by atoms with Crippen LogP contribution in [0.15, 0.2) is 9.32 Å². The number of hydrogen-bond donors (Lipinski definition) is 1. The highest BCUT2D eigenvalue weighted by Crippen LogP contribution is 1.91. The van der Waals surface area contributed by atoms with Crippen LogP contribution in [0.1, 0.15) is 32.5 Å². The summed E-state index contributed by atoms with van der Waals surface area (Å²) in [6, 6.07) is 0.247. The lowest BCUT2D eigenvalue weighted by molar-refractivity contribution is -0.785. The van der Waals surface area contributed by atoms with Gasteiger partial charge in [-0.25, -0.2) is 4.79 Å². The summed E-state index contributed by atoms with van der Waals surface area (Å²) in [4.78, 5) is 11.0. The van der Waals surface area contributed by atoms with Crippen LogP contribution >= 0.6 is 0 Å². The van der Waals surface area contributed by atoms with Crippen LogP contribution in [0.2, 0.25) is 0 Å². The predicted octanol–water partition coefficient (Wildman–Crippen LogP) is 0.399. The van der Waals surface area contributed by atoms with Gasteiger partial charge in [0.25, 0.3) is 5.69 Å². The molecule has 1 rings (SSSR count). The van der Waals surface area contributed by atoms with Crippen LogP contribution in [0.25, 0.3) is 0 Å². The predicted molar refractivity (Wildman–Crippen MR) is 39.3 cm³/mol. The molecular weight excluding hydrogens is 144 g/mol. The van der Waals surface area contributed by atoms with Gasteiger partial charge in [0.15, 0.2) is 6.04 Å². The van der Waals surface area contributed by atoms with E-state index in [2.05, 4.69) is 9.79 Å². The second kappa shape index (κ2) is 2.90. The van der Waals surface area contributed by atoms with E-state index in [0.717, 1.165) is 0 Å². The number of nitrogens with zero attached hydrogens (tertiary/aromatic N) is 1. The standard InChI is InChI=1S/C7H12N2O2/c1-4-6-7(10)11-8-9(6)5(2)3/h5H,4H2,1-3H3/p+1. The third-order valence-electron chi connectivity index (χ3n) is 1.61. The molecule has 0 unspecified atom stereocenters. The molecule has 0 bridgehead atoms. The molecule has 0 aliphatic heterocycles. The van der Waals surface area contributed by atoms with Crippen molar-refractivity contribution in [2.75, 3.05) is 0 Å². The smallest absolute Gasteiger partial charge is 0.283 e. The zero-order valence-electron chi connectivity index (χ0n) is 7.05. The molecule has 1 aromatic heterocycles. The van der Waals surface area contributed by atoms with E-state index < -0.39 is 0 Å². The number of hydrogen-bond acceptors (Lipinski definition) is 2. The minimum absolute atomic E-state index is 0.247. The fourth-order valence-electron chi connectivity index (χ4n) is 1.03. The lowest BCUT2D eigenvalue weighted by Crippen LogP contribution is -2.42.